The fraction of sp³-hybridized carbons (Fsp3) is 0.207. The number of hydrogen-bond donors (Lipinski definition) is 2. The first-order valence-corrected chi connectivity index (χ1v) is 14.9. The smallest absolute Gasteiger partial charge is 0.420 e. The fourth-order valence-corrected chi connectivity index (χ4v) is 4.67. The van der Waals surface area contributed by atoms with E-state index in [0.717, 1.165) is 12.3 Å². The zero-order valence-electron chi connectivity index (χ0n) is 22.7. The van der Waals surface area contributed by atoms with Gasteiger partial charge < -0.3 is 19.8 Å². The second-order valence-electron chi connectivity index (χ2n) is 9.63. The summed E-state index contributed by atoms with van der Waals surface area (Å²) in [6.07, 6.45) is -0.806. The molecule has 0 atom stereocenters. The number of aromatic nitrogens is 3. The lowest BCUT2D eigenvalue weighted by Gasteiger charge is -2.16. The molecule has 224 valence electrons. The third-order valence-electron chi connectivity index (χ3n) is 6.22. The van der Waals surface area contributed by atoms with Crippen LogP contribution in [0.3, 0.4) is 0 Å². The summed E-state index contributed by atoms with van der Waals surface area (Å²) < 4.78 is 89.2. The van der Waals surface area contributed by atoms with Gasteiger partial charge in [-0.25, -0.2) is 22.8 Å². The van der Waals surface area contributed by atoms with Gasteiger partial charge in [-0.15, -0.1) is 0 Å². The third kappa shape index (κ3) is 7.84. The highest BCUT2D eigenvalue weighted by molar-refractivity contribution is 7.90. The standard InChI is InChI=1S/C29H25F4N5O4S/c1-43(39,40)10-9-34-14-21-6-8-27(42-21)24-13-22-25(15-35-24)36-17-37-28(22)38-20-5-7-26(23(12-20)29(31,32)33)41-16-18-3-2-4-19(30)11-18/h2-8,11-13,15,17,34H,9-10,14,16H2,1H3,(H,36,37,38). The minimum Gasteiger partial charge on any atom is -0.488 e. The van der Waals surface area contributed by atoms with E-state index >= 15 is 0 Å². The van der Waals surface area contributed by atoms with E-state index in [0.29, 0.717) is 40.2 Å². The Kier molecular flexibility index (Phi) is 8.59. The molecule has 9 nitrogen and oxygen atoms in total. The van der Waals surface area contributed by atoms with Gasteiger partial charge in [-0.2, -0.15) is 13.2 Å². The number of rotatable bonds is 11. The molecule has 0 saturated carbocycles. The molecule has 5 rings (SSSR count). The first kappa shape index (κ1) is 29.9. The molecular formula is C29H25F4N5O4S. The van der Waals surface area contributed by atoms with Gasteiger partial charge in [-0.1, -0.05) is 12.1 Å². The summed E-state index contributed by atoms with van der Waals surface area (Å²) in [6, 6.07) is 14.0. The van der Waals surface area contributed by atoms with Gasteiger partial charge in [0.2, 0.25) is 0 Å². The number of nitrogens with one attached hydrogen (secondary N) is 2. The summed E-state index contributed by atoms with van der Waals surface area (Å²) in [4.78, 5) is 12.8. The number of anilines is 2. The molecule has 0 spiro atoms. The van der Waals surface area contributed by atoms with Crippen molar-refractivity contribution in [1.29, 1.82) is 0 Å². The maximum absolute atomic E-state index is 14.0. The van der Waals surface area contributed by atoms with Crippen molar-refractivity contribution in [2.24, 2.45) is 0 Å². The van der Waals surface area contributed by atoms with Gasteiger partial charge in [0.15, 0.2) is 5.76 Å². The monoisotopic (exact) mass is 615 g/mol. The topological polar surface area (TPSA) is 119 Å². The lowest BCUT2D eigenvalue weighted by Crippen LogP contribution is -2.21. The Morgan fingerprint density at radius 2 is 1.84 bits per heavy atom. The molecule has 0 amide bonds. The van der Waals surface area contributed by atoms with Crippen LogP contribution in [0.4, 0.5) is 29.1 Å². The molecule has 3 heterocycles. The molecule has 2 aromatic carbocycles. The predicted molar refractivity (Wildman–Crippen MR) is 152 cm³/mol. The van der Waals surface area contributed by atoms with Crippen molar-refractivity contribution in [3.8, 4) is 17.2 Å². The summed E-state index contributed by atoms with van der Waals surface area (Å²) >= 11 is 0. The number of sulfone groups is 1. The Hall–Kier alpha value is -4.56. The number of fused-ring (bicyclic) bond motifs is 1. The molecular weight excluding hydrogens is 590 g/mol. The highest BCUT2D eigenvalue weighted by Crippen LogP contribution is 2.39. The van der Waals surface area contributed by atoms with E-state index < -0.39 is 33.1 Å². The molecule has 0 fully saturated rings. The number of furan rings is 1. The molecule has 0 aliphatic carbocycles. The van der Waals surface area contributed by atoms with Gasteiger partial charge in [-0.05, 0) is 54.1 Å². The predicted octanol–water partition coefficient (Wildman–Crippen LogP) is 5.90. The van der Waals surface area contributed by atoms with Gasteiger partial charge in [0.25, 0.3) is 0 Å². The Balaban J connectivity index is 1.36. The van der Waals surface area contributed by atoms with Crippen LogP contribution in [0.2, 0.25) is 0 Å². The zero-order valence-corrected chi connectivity index (χ0v) is 23.5. The molecule has 5 aromatic rings. The summed E-state index contributed by atoms with van der Waals surface area (Å²) in [5.74, 6) is 0.310. The van der Waals surface area contributed by atoms with Crippen molar-refractivity contribution in [3.05, 3.63) is 95.9 Å². The van der Waals surface area contributed by atoms with Gasteiger partial charge in [0.05, 0.1) is 29.6 Å². The average molecular weight is 616 g/mol. The van der Waals surface area contributed by atoms with Crippen molar-refractivity contribution in [1.82, 2.24) is 20.3 Å². The number of pyridine rings is 1. The summed E-state index contributed by atoms with van der Waals surface area (Å²) in [5, 5.41) is 6.41. The number of nitrogens with zero attached hydrogens (tertiary/aromatic N) is 3. The first-order chi connectivity index (χ1) is 20.4. The van der Waals surface area contributed by atoms with E-state index in [1.54, 1.807) is 24.3 Å². The van der Waals surface area contributed by atoms with Crippen LogP contribution in [-0.4, -0.2) is 41.9 Å². The minimum absolute atomic E-state index is 0.00228. The average Bonchev–Trinajstić information content (AvgIpc) is 3.43. The summed E-state index contributed by atoms with van der Waals surface area (Å²) in [6.45, 7) is 0.333. The molecule has 0 aliphatic rings. The SMILES string of the molecule is CS(=O)(=O)CCNCc1ccc(-c2cc3c(Nc4ccc(OCc5cccc(F)c5)c(C(F)(F)F)c4)ncnc3cn2)o1. The normalized spacial score (nSPS) is 12.0. The molecule has 14 heteroatoms. The van der Waals surface area contributed by atoms with E-state index in [-0.39, 0.29) is 30.4 Å². The lowest BCUT2D eigenvalue weighted by molar-refractivity contribution is -0.139. The molecule has 3 aromatic heterocycles. The van der Waals surface area contributed by atoms with Crippen LogP contribution in [0.25, 0.3) is 22.4 Å². The number of hydrogen-bond acceptors (Lipinski definition) is 9. The van der Waals surface area contributed by atoms with E-state index in [9.17, 15) is 26.0 Å². The maximum atomic E-state index is 14.0. The van der Waals surface area contributed by atoms with E-state index in [2.05, 4.69) is 25.6 Å². The largest absolute Gasteiger partial charge is 0.488 e. The minimum atomic E-state index is -4.73. The zero-order chi connectivity index (χ0) is 30.6. The van der Waals surface area contributed by atoms with Crippen LogP contribution in [-0.2, 0) is 29.2 Å². The Labute approximate surface area is 243 Å². The van der Waals surface area contributed by atoms with Gasteiger partial charge in [0.1, 0.15) is 51.6 Å². The van der Waals surface area contributed by atoms with E-state index in [4.69, 9.17) is 9.15 Å². The summed E-state index contributed by atoms with van der Waals surface area (Å²) in [5.41, 5.74) is 0.359. The van der Waals surface area contributed by atoms with Crippen LogP contribution in [0.5, 0.6) is 5.75 Å². The van der Waals surface area contributed by atoms with Crippen LogP contribution in [0.1, 0.15) is 16.9 Å². The Bertz CT molecular complexity index is 1860. The number of alkyl halides is 3. The Morgan fingerprint density at radius 3 is 2.60 bits per heavy atom. The molecule has 0 radical (unpaired) electrons. The van der Waals surface area contributed by atoms with Gasteiger partial charge >= 0.3 is 6.18 Å². The van der Waals surface area contributed by atoms with Gasteiger partial charge in [0, 0.05) is 23.9 Å². The second kappa shape index (κ2) is 12.4. The number of benzene rings is 2. The fourth-order valence-electron chi connectivity index (χ4n) is 4.15. The lowest BCUT2D eigenvalue weighted by atomic mass is 10.1. The highest BCUT2D eigenvalue weighted by Gasteiger charge is 2.35. The van der Waals surface area contributed by atoms with Crippen molar-refractivity contribution in [2.45, 2.75) is 19.3 Å². The number of halogens is 4. The first-order valence-electron chi connectivity index (χ1n) is 12.9. The van der Waals surface area contributed by atoms with Crippen molar-refractivity contribution in [3.63, 3.8) is 0 Å². The molecule has 0 saturated heterocycles. The van der Waals surface area contributed by atoms with Crippen LogP contribution >= 0.6 is 0 Å². The summed E-state index contributed by atoms with van der Waals surface area (Å²) in [7, 11) is -3.08. The van der Waals surface area contributed by atoms with E-state index in [1.807, 2.05) is 0 Å². The van der Waals surface area contributed by atoms with Crippen molar-refractivity contribution >= 4 is 32.2 Å². The third-order valence-corrected chi connectivity index (χ3v) is 7.16. The highest BCUT2D eigenvalue weighted by atomic mass is 32.2. The quantitative estimate of drug-likeness (QED) is 0.138. The number of ether oxygens (including phenoxy) is 1. The molecule has 0 bridgehead atoms. The molecule has 0 unspecified atom stereocenters. The van der Waals surface area contributed by atoms with Crippen LogP contribution in [0, 0.1) is 5.82 Å². The van der Waals surface area contributed by atoms with Crippen LogP contribution in [0.15, 0.2) is 77.6 Å². The second-order valence-corrected chi connectivity index (χ2v) is 11.9. The van der Waals surface area contributed by atoms with Crippen molar-refractivity contribution in [2.75, 3.05) is 23.9 Å². The van der Waals surface area contributed by atoms with Gasteiger partial charge in [-0.3, -0.25) is 4.98 Å². The molecule has 43 heavy (non-hydrogen) atoms. The van der Waals surface area contributed by atoms with Crippen LogP contribution < -0.4 is 15.4 Å². The van der Waals surface area contributed by atoms with E-state index in [1.165, 1.54) is 42.9 Å². The molecule has 0 aliphatic heterocycles. The maximum Gasteiger partial charge on any atom is 0.420 e. The Morgan fingerprint density at radius 1 is 1.00 bits per heavy atom. The molecule has 2 N–H and O–H groups in total. The van der Waals surface area contributed by atoms with Crippen molar-refractivity contribution < 1.29 is 35.1 Å².